The van der Waals surface area contributed by atoms with Gasteiger partial charge < -0.3 is 10.5 Å². The van der Waals surface area contributed by atoms with Gasteiger partial charge in [-0.05, 0) is 38.5 Å². The van der Waals surface area contributed by atoms with E-state index < -0.39 is 0 Å². The fourth-order valence-corrected chi connectivity index (χ4v) is 2.68. The van der Waals surface area contributed by atoms with Crippen molar-refractivity contribution in [3.05, 3.63) is 23.2 Å². The predicted molar refractivity (Wildman–Crippen MR) is 72.8 cm³/mol. The van der Waals surface area contributed by atoms with Crippen LogP contribution in [0.3, 0.4) is 0 Å². The van der Waals surface area contributed by atoms with E-state index in [9.17, 15) is 0 Å². The summed E-state index contributed by atoms with van der Waals surface area (Å²) in [6.45, 7) is 4.72. The van der Waals surface area contributed by atoms with Crippen LogP contribution in [0.25, 0.3) is 10.2 Å². The van der Waals surface area contributed by atoms with Crippen LogP contribution < -0.4 is 10.5 Å². The summed E-state index contributed by atoms with van der Waals surface area (Å²) in [6, 6.07) is 6.29. The van der Waals surface area contributed by atoms with E-state index in [1.165, 1.54) is 4.70 Å². The minimum atomic E-state index is 0.237. The molecule has 3 nitrogen and oxygen atoms in total. The largest absolute Gasteiger partial charge is 0.494 e. The minimum Gasteiger partial charge on any atom is -0.494 e. The van der Waals surface area contributed by atoms with Gasteiger partial charge in [-0.2, -0.15) is 0 Å². The SMILES string of the molecule is CCOc1ccc2nc(CCC(C)N)sc2c1. The van der Waals surface area contributed by atoms with Crippen LogP contribution in [0.1, 0.15) is 25.3 Å². The minimum absolute atomic E-state index is 0.237. The number of ether oxygens (including phenoxy) is 1. The number of hydrogen-bond donors (Lipinski definition) is 1. The third-order valence-electron chi connectivity index (χ3n) is 2.53. The molecule has 2 N–H and O–H groups in total. The number of nitrogens with two attached hydrogens (primary N) is 1. The molecule has 0 amide bonds. The van der Waals surface area contributed by atoms with Gasteiger partial charge in [0.25, 0.3) is 0 Å². The molecular formula is C13H18N2OS. The fraction of sp³-hybridized carbons (Fsp3) is 0.462. The number of nitrogens with zero attached hydrogens (tertiary/aromatic N) is 1. The molecule has 0 fully saturated rings. The summed E-state index contributed by atoms with van der Waals surface area (Å²) >= 11 is 1.73. The molecule has 0 radical (unpaired) electrons. The second kappa shape index (κ2) is 5.47. The van der Waals surface area contributed by atoms with E-state index >= 15 is 0 Å². The lowest BCUT2D eigenvalue weighted by Crippen LogP contribution is -2.15. The lowest BCUT2D eigenvalue weighted by Gasteiger charge is -2.00. The number of thiazole rings is 1. The standard InChI is InChI=1S/C13H18N2OS/c1-3-16-10-5-6-11-12(8-10)17-13(15-11)7-4-9(2)14/h5-6,8-9H,3-4,7,14H2,1-2H3. The number of aryl methyl sites for hydroxylation is 1. The number of aromatic nitrogens is 1. The Hall–Kier alpha value is -1.13. The Morgan fingerprint density at radius 2 is 2.29 bits per heavy atom. The third-order valence-corrected chi connectivity index (χ3v) is 3.61. The first-order chi connectivity index (χ1) is 8.19. The molecule has 1 atom stereocenters. The molecule has 17 heavy (non-hydrogen) atoms. The van der Waals surface area contributed by atoms with Crippen molar-refractivity contribution in [1.82, 2.24) is 4.98 Å². The Kier molecular flexibility index (Phi) is 3.97. The van der Waals surface area contributed by atoms with Crippen molar-refractivity contribution in [2.75, 3.05) is 6.61 Å². The first-order valence-electron chi connectivity index (χ1n) is 5.97. The van der Waals surface area contributed by atoms with Crippen LogP contribution in [0.5, 0.6) is 5.75 Å². The van der Waals surface area contributed by atoms with Crippen molar-refractivity contribution in [3.63, 3.8) is 0 Å². The van der Waals surface area contributed by atoms with Crippen molar-refractivity contribution in [3.8, 4) is 5.75 Å². The second-order valence-electron chi connectivity index (χ2n) is 4.19. The van der Waals surface area contributed by atoms with Crippen molar-refractivity contribution >= 4 is 21.6 Å². The average Bonchev–Trinajstić information content (AvgIpc) is 2.69. The Bertz CT molecular complexity index is 493. The quantitative estimate of drug-likeness (QED) is 0.887. The van der Waals surface area contributed by atoms with Gasteiger partial charge in [-0.1, -0.05) is 0 Å². The maximum atomic E-state index is 5.75. The first-order valence-corrected chi connectivity index (χ1v) is 6.78. The highest BCUT2D eigenvalue weighted by Crippen LogP contribution is 2.27. The van der Waals surface area contributed by atoms with Crippen molar-refractivity contribution in [2.45, 2.75) is 32.7 Å². The van der Waals surface area contributed by atoms with Crippen molar-refractivity contribution in [1.29, 1.82) is 0 Å². The Balaban J connectivity index is 2.18. The molecule has 0 aliphatic carbocycles. The molecular weight excluding hydrogens is 232 g/mol. The van der Waals surface area contributed by atoms with E-state index in [2.05, 4.69) is 11.1 Å². The zero-order chi connectivity index (χ0) is 12.3. The van der Waals surface area contributed by atoms with Gasteiger partial charge in [0.05, 0.1) is 21.8 Å². The van der Waals surface area contributed by atoms with E-state index in [0.29, 0.717) is 6.61 Å². The Morgan fingerprint density at radius 1 is 1.47 bits per heavy atom. The number of hydrogen-bond acceptors (Lipinski definition) is 4. The van der Waals surface area contributed by atoms with Gasteiger partial charge in [0.1, 0.15) is 5.75 Å². The molecule has 0 spiro atoms. The van der Waals surface area contributed by atoms with Gasteiger partial charge in [0, 0.05) is 12.5 Å². The van der Waals surface area contributed by atoms with E-state index in [1.807, 2.05) is 26.0 Å². The highest BCUT2D eigenvalue weighted by molar-refractivity contribution is 7.18. The molecule has 0 saturated heterocycles. The summed E-state index contributed by atoms with van der Waals surface area (Å²) in [4.78, 5) is 4.59. The molecule has 0 saturated carbocycles. The smallest absolute Gasteiger partial charge is 0.120 e. The molecule has 1 aromatic carbocycles. The molecule has 1 heterocycles. The Labute approximate surface area is 106 Å². The highest BCUT2D eigenvalue weighted by atomic mass is 32.1. The summed E-state index contributed by atoms with van der Waals surface area (Å²) in [6.07, 6.45) is 1.94. The van der Waals surface area contributed by atoms with Crippen LogP contribution in [0, 0.1) is 0 Å². The number of benzene rings is 1. The average molecular weight is 250 g/mol. The summed E-state index contributed by atoms with van der Waals surface area (Å²) in [5.74, 6) is 0.919. The van der Waals surface area contributed by atoms with E-state index in [1.54, 1.807) is 11.3 Å². The van der Waals surface area contributed by atoms with Crippen LogP contribution in [-0.4, -0.2) is 17.6 Å². The van der Waals surface area contributed by atoms with Gasteiger partial charge in [-0.25, -0.2) is 4.98 Å². The predicted octanol–water partition coefficient (Wildman–Crippen LogP) is 2.97. The normalized spacial score (nSPS) is 12.9. The van der Waals surface area contributed by atoms with Gasteiger partial charge in [0.2, 0.25) is 0 Å². The Morgan fingerprint density at radius 3 is 3.00 bits per heavy atom. The van der Waals surface area contributed by atoms with Crippen molar-refractivity contribution in [2.24, 2.45) is 5.73 Å². The monoisotopic (exact) mass is 250 g/mol. The van der Waals surface area contributed by atoms with E-state index in [0.717, 1.165) is 29.1 Å². The third kappa shape index (κ3) is 3.17. The van der Waals surface area contributed by atoms with Crippen LogP contribution in [0.4, 0.5) is 0 Å². The molecule has 92 valence electrons. The molecule has 1 unspecified atom stereocenters. The van der Waals surface area contributed by atoms with Crippen LogP contribution >= 0.6 is 11.3 Å². The summed E-state index contributed by atoms with van der Waals surface area (Å²) in [5.41, 5.74) is 6.81. The maximum Gasteiger partial charge on any atom is 0.120 e. The fourth-order valence-electron chi connectivity index (χ4n) is 1.67. The summed E-state index contributed by atoms with van der Waals surface area (Å²) in [5, 5.41) is 1.16. The molecule has 0 aliphatic heterocycles. The van der Waals surface area contributed by atoms with Crippen LogP contribution in [0.15, 0.2) is 18.2 Å². The summed E-state index contributed by atoms with van der Waals surface area (Å²) < 4.78 is 6.67. The van der Waals surface area contributed by atoms with Crippen LogP contribution in [0.2, 0.25) is 0 Å². The van der Waals surface area contributed by atoms with Gasteiger partial charge in [-0.15, -0.1) is 11.3 Å². The first kappa shape index (κ1) is 12.3. The van der Waals surface area contributed by atoms with E-state index in [4.69, 9.17) is 10.5 Å². The molecule has 0 bridgehead atoms. The van der Waals surface area contributed by atoms with Crippen LogP contribution in [-0.2, 0) is 6.42 Å². The van der Waals surface area contributed by atoms with Gasteiger partial charge in [0.15, 0.2) is 0 Å². The second-order valence-corrected chi connectivity index (χ2v) is 5.30. The molecule has 2 rings (SSSR count). The lowest BCUT2D eigenvalue weighted by atomic mass is 10.2. The molecule has 2 aromatic rings. The van der Waals surface area contributed by atoms with E-state index in [-0.39, 0.29) is 6.04 Å². The summed E-state index contributed by atoms with van der Waals surface area (Å²) in [7, 11) is 0. The molecule has 0 aliphatic rings. The lowest BCUT2D eigenvalue weighted by molar-refractivity contribution is 0.341. The molecule has 4 heteroatoms. The zero-order valence-corrected chi connectivity index (χ0v) is 11.1. The number of fused-ring (bicyclic) bond motifs is 1. The van der Waals surface area contributed by atoms with Gasteiger partial charge in [-0.3, -0.25) is 0 Å². The zero-order valence-electron chi connectivity index (χ0n) is 10.3. The van der Waals surface area contributed by atoms with Crippen molar-refractivity contribution < 1.29 is 4.74 Å². The molecule has 1 aromatic heterocycles. The number of rotatable bonds is 5. The topological polar surface area (TPSA) is 48.1 Å². The van der Waals surface area contributed by atoms with Gasteiger partial charge >= 0.3 is 0 Å². The highest BCUT2D eigenvalue weighted by Gasteiger charge is 2.06. The maximum absolute atomic E-state index is 5.75.